The molecule has 2 aliphatic carbocycles. The average molecular weight is 323 g/mol. The molecular formula is C19H25N5. The Bertz CT molecular complexity index is 663. The number of hydrogen-bond acceptors (Lipinski definition) is 5. The molecule has 2 N–H and O–H groups in total. The molecule has 0 aromatic carbocycles. The van der Waals surface area contributed by atoms with Gasteiger partial charge in [-0.2, -0.15) is 4.98 Å². The van der Waals surface area contributed by atoms with Crippen LogP contribution in [-0.4, -0.2) is 21.0 Å². The zero-order valence-corrected chi connectivity index (χ0v) is 14.0. The predicted molar refractivity (Wildman–Crippen MR) is 96.1 cm³/mol. The summed E-state index contributed by atoms with van der Waals surface area (Å²) in [6.07, 6.45) is 12.6. The highest BCUT2D eigenvalue weighted by molar-refractivity contribution is 5.44. The van der Waals surface area contributed by atoms with Crippen molar-refractivity contribution in [3.05, 3.63) is 41.9 Å². The summed E-state index contributed by atoms with van der Waals surface area (Å²) in [4.78, 5) is 13.6. The second-order valence-corrected chi connectivity index (χ2v) is 6.97. The van der Waals surface area contributed by atoms with Gasteiger partial charge in [-0.25, -0.2) is 4.98 Å². The number of nitrogens with zero attached hydrogens (tertiary/aromatic N) is 3. The first-order valence-corrected chi connectivity index (χ1v) is 9.15. The van der Waals surface area contributed by atoms with E-state index in [-0.39, 0.29) is 0 Å². The van der Waals surface area contributed by atoms with Gasteiger partial charge in [0.15, 0.2) is 0 Å². The summed E-state index contributed by atoms with van der Waals surface area (Å²) in [5.74, 6) is 2.33. The molecule has 0 atom stereocenters. The van der Waals surface area contributed by atoms with Crippen molar-refractivity contribution in [2.75, 3.05) is 10.6 Å². The Hall–Kier alpha value is -2.17. The van der Waals surface area contributed by atoms with Gasteiger partial charge in [-0.3, -0.25) is 4.98 Å². The van der Waals surface area contributed by atoms with Gasteiger partial charge in [-0.15, -0.1) is 0 Å². The molecule has 0 radical (unpaired) electrons. The number of rotatable bonds is 6. The molecule has 2 fully saturated rings. The second-order valence-electron chi connectivity index (χ2n) is 6.97. The highest BCUT2D eigenvalue weighted by Gasteiger charge is 2.26. The number of pyridine rings is 1. The quantitative estimate of drug-likeness (QED) is 0.838. The smallest absolute Gasteiger partial charge is 0.225 e. The van der Waals surface area contributed by atoms with Crippen molar-refractivity contribution in [3.8, 4) is 0 Å². The Morgan fingerprint density at radius 1 is 1.04 bits per heavy atom. The Morgan fingerprint density at radius 2 is 1.92 bits per heavy atom. The number of aromatic nitrogens is 3. The maximum absolute atomic E-state index is 4.77. The molecule has 24 heavy (non-hydrogen) atoms. The lowest BCUT2D eigenvalue weighted by atomic mass is 9.96. The van der Waals surface area contributed by atoms with Crippen molar-refractivity contribution in [3.63, 3.8) is 0 Å². The van der Waals surface area contributed by atoms with Gasteiger partial charge >= 0.3 is 0 Å². The van der Waals surface area contributed by atoms with Crippen LogP contribution in [0.15, 0.2) is 30.6 Å². The lowest BCUT2D eigenvalue weighted by Crippen LogP contribution is -2.24. The summed E-state index contributed by atoms with van der Waals surface area (Å²) in [5, 5.41) is 7.00. The van der Waals surface area contributed by atoms with E-state index in [0.717, 1.165) is 23.9 Å². The van der Waals surface area contributed by atoms with Crippen LogP contribution in [0.25, 0.3) is 0 Å². The molecule has 2 heterocycles. The van der Waals surface area contributed by atoms with Gasteiger partial charge < -0.3 is 10.6 Å². The van der Waals surface area contributed by atoms with Gasteiger partial charge in [0, 0.05) is 37.0 Å². The number of anilines is 2. The molecule has 2 saturated carbocycles. The van der Waals surface area contributed by atoms with Crippen molar-refractivity contribution < 1.29 is 0 Å². The minimum Gasteiger partial charge on any atom is -0.366 e. The Balaban J connectivity index is 1.47. The first-order valence-electron chi connectivity index (χ1n) is 9.15. The van der Waals surface area contributed by atoms with Crippen LogP contribution in [-0.2, 0) is 6.54 Å². The normalized spacial score (nSPS) is 18.3. The molecule has 126 valence electrons. The van der Waals surface area contributed by atoms with Crippen LogP contribution in [0.4, 0.5) is 11.8 Å². The minimum absolute atomic E-state index is 0.527. The Kier molecular flexibility index (Phi) is 4.58. The van der Waals surface area contributed by atoms with E-state index in [2.05, 4.69) is 27.8 Å². The minimum atomic E-state index is 0.527. The van der Waals surface area contributed by atoms with Crippen LogP contribution in [0, 0.1) is 0 Å². The fourth-order valence-electron chi connectivity index (χ4n) is 3.33. The maximum atomic E-state index is 4.77. The zero-order valence-electron chi connectivity index (χ0n) is 14.0. The van der Waals surface area contributed by atoms with Crippen LogP contribution in [0.1, 0.15) is 62.1 Å². The molecule has 0 spiro atoms. The van der Waals surface area contributed by atoms with Crippen LogP contribution >= 0.6 is 0 Å². The topological polar surface area (TPSA) is 62.7 Å². The first kappa shape index (κ1) is 15.4. The van der Waals surface area contributed by atoms with E-state index in [1.165, 1.54) is 50.6 Å². The predicted octanol–water partition coefficient (Wildman–Crippen LogP) is 4.11. The van der Waals surface area contributed by atoms with E-state index in [0.29, 0.717) is 12.0 Å². The molecule has 0 bridgehead atoms. The standard InChI is InChI=1S/C19H25N5/c1-2-6-16(7-3-1)22-19-23-17(15-8-9-15)11-18(24-19)21-13-14-5-4-10-20-12-14/h4-5,10-12,15-16H,1-3,6-9,13H2,(H2,21,22,23,24). The first-order chi connectivity index (χ1) is 11.9. The third kappa shape index (κ3) is 4.02. The molecule has 2 aromatic heterocycles. The van der Waals surface area contributed by atoms with Gasteiger partial charge in [0.1, 0.15) is 5.82 Å². The summed E-state index contributed by atoms with van der Waals surface area (Å²) in [5.41, 5.74) is 2.34. The lowest BCUT2D eigenvalue weighted by Gasteiger charge is -2.23. The summed E-state index contributed by atoms with van der Waals surface area (Å²) in [6, 6.07) is 6.67. The van der Waals surface area contributed by atoms with E-state index in [4.69, 9.17) is 9.97 Å². The molecule has 0 saturated heterocycles. The third-order valence-electron chi connectivity index (χ3n) is 4.88. The van der Waals surface area contributed by atoms with Gasteiger partial charge in [0.05, 0.1) is 5.69 Å². The van der Waals surface area contributed by atoms with Gasteiger partial charge in [-0.05, 0) is 37.3 Å². The maximum Gasteiger partial charge on any atom is 0.225 e. The number of hydrogen-bond donors (Lipinski definition) is 2. The van der Waals surface area contributed by atoms with Crippen molar-refractivity contribution >= 4 is 11.8 Å². The number of nitrogens with one attached hydrogen (secondary N) is 2. The zero-order chi connectivity index (χ0) is 16.2. The Morgan fingerprint density at radius 3 is 2.67 bits per heavy atom. The largest absolute Gasteiger partial charge is 0.366 e. The van der Waals surface area contributed by atoms with Crippen LogP contribution < -0.4 is 10.6 Å². The van der Waals surface area contributed by atoms with Crippen molar-refractivity contribution in [2.24, 2.45) is 0 Å². The van der Waals surface area contributed by atoms with E-state index in [1.807, 2.05) is 12.3 Å². The van der Waals surface area contributed by atoms with Crippen molar-refractivity contribution in [2.45, 2.75) is 63.5 Å². The summed E-state index contributed by atoms with van der Waals surface area (Å²) < 4.78 is 0. The second kappa shape index (κ2) is 7.16. The molecule has 4 rings (SSSR count). The molecule has 2 aromatic rings. The lowest BCUT2D eigenvalue weighted by molar-refractivity contribution is 0.460. The molecule has 0 unspecified atom stereocenters. The average Bonchev–Trinajstić information content (AvgIpc) is 3.47. The molecule has 0 aliphatic heterocycles. The summed E-state index contributed by atoms with van der Waals surface area (Å²) >= 11 is 0. The summed E-state index contributed by atoms with van der Waals surface area (Å²) in [7, 11) is 0. The molecule has 5 nitrogen and oxygen atoms in total. The van der Waals surface area contributed by atoms with Crippen molar-refractivity contribution in [1.29, 1.82) is 0 Å². The molecule has 0 amide bonds. The monoisotopic (exact) mass is 323 g/mol. The van der Waals surface area contributed by atoms with Gasteiger partial charge in [0.2, 0.25) is 5.95 Å². The molecule has 5 heteroatoms. The fraction of sp³-hybridized carbons (Fsp3) is 0.526. The van der Waals surface area contributed by atoms with Crippen molar-refractivity contribution in [1.82, 2.24) is 15.0 Å². The summed E-state index contributed by atoms with van der Waals surface area (Å²) in [6.45, 7) is 0.734. The third-order valence-corrected chi connectivity index (χ3v) is 4.88. The molecular weight excluding hydrogens is 298 g/mol. The van der Waals surface area contributed by atoms with E-state index in [1.54, 1.807) is 6.20 Å². The van der Waals surface area contributed by atoms with E-state index in [9.17, 15) is 0 Å². The van der Waals surface area contributed by atoms with Crippen LogP contribution in [0.3, 0.4) is 0 Å². The van der Waals surface area contributed by atoms with Gasteiger partial charge in [0.25, 0.3) is 0 Å². The van der Waals surface area contributed by atoms with Crippen LogP contribution in [0.2, 0.25) is 0 Å². The molecule has 2 aliphatic rings. The SMILES string of the molecule is c1cncc(CNc2cc(C3CC3)nc(NC3CCCCC3)n2)c1. The van der Waals surface area contributed by atoms with E-state index >= 15 is 0 Å². The van der Waals surface area contributed by atoms with E-state index < -0.39 is 0 Å². The fourth-order valence-corrected chi connectivity index (χ4v) is 3.33. The highest BCUT2D eigenvalue weighted by Crippen LogP contribution is 2.40. The van der Waals surface area contributed by atoms with Crippen LogP contribution in [0.5, 0.6) is 0 Å². The van der Waals surface area contributed by atoms with Gasteiger partial charge in [-0.1, -0.05) is 25.3 Å². The Labute approximate surface area is 143 Å². The highest BCUT2D eigenvalue weighted by atomic mass is 15.2.